The van der Waals surface area contributed by atoms with Crippen LogP contribution < -0.4 is 14.2 Å². The van der Waals surface area contributed by atoms with E-state index in [9.17, 15) is 15.0 Å². The van der Waals surface area contributed by atoms with Crippen LogP contribution in [0.2, 0.25) is 0 Å². The molecule has 0 saturated carbocycles. The molecule has 1 aliphatic carbocycles. The van der Waals surface area contributed by atoms with Crippen LogP contribution in [0.25, 0.3) is 5.57 Å². The standard InChI is InChI=1S/C22H24O6/c1-12-9-10-15(20(25)18(12)23)19(24)13-7-5-6-8-14-16(13)11-17(26-2)22(28-4)21(14)27-3/h7,9-11,23,25H,5-6,8H2,1-4H3. The van der Waals surface area contributed by atoms with Gasteiger partial charge in [0.2, 0.25) is 5.75 Å². The number of methoxy groups -OCH3 is 3. The largest absolute Gasteiger partial charge is 0.504 e. The molecular weight excluding hydrogens is 360 g/mol. The Morgan fingerprint density at radius 3 is 2.36 bits per heavy atom. The predicted octanol–water partition coefficient (Wildman–Crippen LogP) is 4.03. The van der Waals surface area contributed by atoms with E-state index in [4.69, 9.17) is 14.2 Å². The Morgan fingerprint density at radius 2 is 1.71 bits per heavy atom. The minimum Gasteiger partial charge on any atom is -0.504 e. The lowest BCUT2D eigenvalue weighted by Gasteiger charge is -2.20. The topological polar surface area (TPSA) is 85.2 Å². The average molecular weight is 384 g/mol. The van der Waals surface area contributed by atoms with Crippen LogP contribution in [0.1, 0.15) is 39.9 Å². The second-order valence-corrected chi connectivity index (χ2v) is 6.64. The van der Waals surface area contributed by atoms with E-state index < -0.39 is 5.75 Å². The number of aromatic hydroxyl groups is 2. The van der Waals surface area contributed by atoms with Crippen LogP contribution in [0.3, 0.4) is 0 Å². The van der Waals surface area contributed by atoms with Crippen molar-refractivity contribution in [3.8, 4) is 28.7 Å². The number of rotatable bonds is 5. The summed E-state index contributed by atoms with van der Waals surface area (Å²) < 4.78 is 16.5. The van der Waals surface area contributed by atoms with E-state index in [0.717, 1.165) is 12.0 Å². The van der Waals surface area contributed by atoms with Gasteiger partial charge in [-0.2, -0.15) is 0 Å². The summed E-state index contributed by atoms with van der Waals surface area (Å²) >= 11 is 0. The van der Waals surface area contributed by atoms with Crippen molar-refractivity contribution in [3.05, 3.63) is 46.5 Å². The SMILES string of the molecule is COc1cc2c(c(OC)c1OC)CCCC=C2C(=O)c1ccc(C)c(O)c1O. The minimum atomic E-state index is -0.413. The van der Waals surface area contributed by atoms with Crippen LogP contribution in [0.5, 0.6) is 28.7 Å². The van der Waals surface area contributed by atoms with Crippen molar-refractivity contribution in [3.63, 3.8) is 0 Å². The van der Waals surface area contributed by atoms with Gasteiger partial charge in [0, 0.05) is 11.1 Å². The number of aryl methyl sites for hydroxylation is 1. The summed E-state index contributed by atoms with van der Waals surface area (Å²) in [4.78, 5) is 13.3. The Kier molecular flexibility index (Phi) is 5.49. The maximum atomic E-state index is 13.3. The highest BCUT2D eigenvalue weighted by molar-refractivity contribution is 6.30. The summed E-state index contributed by atoms with van der Waals surface area (Å²) in [7, 11) is 4.62. The molecule has 0 atom stereocenters. The first kappa shape index (κ1) is 19.6. The van der Waals surface area contributed by atoms with Gasteiger partial charge in [0.05, 0.1) is 26.9 Å². The molecular formula is C22H24O6. The Labute approximate surface area is 164 Å². The molecule has 0 bridgehead atoms. The summed E-state index contributed by atoms with van der Waals surface area (Å²) in [6.07, 6.45) is 4.09. The number of ether oxygens (including phenoxy) is 3. The number of phenolic OH excluding ortho intramolecular Hbond substituents is 2. The van der Waals surface area contributed by atoms with E-state index in [1.54, 1.807) is 33.3 Å². The summed E-state index contributed by atoms with van der Waals surface area (Å²) in [5, 5.41) is 20.4. The molecule has 148 valence electrons. The van der Waals surface area contributed by atoms with E-state index in [1.807, 2.05) is 6.08 Å². The molecule has 0 saturated heterocycles. The van der Waals surface area contributed by atoms with Crippen LogP contribution in [0.4, 0.5) is 0 Å². The fraction of sp³-hybridized carbons (Fsp3) is 0.318. The van der Waals surface area contributed by atoms with Gasteiger partial charge in [-0.05, 0) is 49.4 Å². The zero-order chi connectivity index (χ0) is 20.4. The molecule has 3 rings (SSSR count). The minimum absolute atomic E-state index is 0.0518. The number of hydrogen-bond donors (Lipinski definition) is 2. The second kappa shape index (κ2) is 7.84. The molecule has 0 fully saturated rings. The number of hydrogen-bond acceptors (Lipinski definition) is 6. The lowest BCUT2D eigenvalue weighted by atomic mass is 9.91. The molecule has 0 radical (unpaired) electrons. The summed E-state index contributed by atoms with van der Waals surface area (Å²) in [5.74, 6) is 0.399. The van der Waals surface area contributed by atoms with E-state index in [2.05, 4.69) is 0 Å². The molecule has 0 aliphatic heterocycles. The fourth-order valence-electron chi connectivity index (χ4n) is 3.56. The number of allylic oxidation sites excluding steroid dienone is 2. The van der Waals surface area contributed by atoms with Crippen molar-refractivity contribution in [2.24, 2.45) is 0 Å². The zero-order valence-electron chi connectivity index (χ0n) is 16.5. The molecule has 0 unspecified atom stereocenters. The summed E-state index contributed by atoms with van der Waals surface area (Å²) in [6, 6.07) is 4.89. The van der Waals surface area contributed by atoms with Crippen LogP contribution in [0.15, 0.2) is 24.3 Å². The molecule has 2 N–H and O–H groups in total. The first-order valence-electron chi connectivity index (χ1n) is 9.03. The average Bonchev–Trinajstić information content (AvgIpc) is 2.92. The quantitative estimate of drug-likeness (QED) is 0.598. The first-order valence-corrected chi connectivity index (χ1v) is 9.03. The Morgan fingerprint density at radius 1 is 1.00 bits per heavy atom. The predicted molar refractivity (Wildman–Crippen MR) is 106 cm³/mol. The van der Waals surface area contributed by atoms with Gasteiger partial charge in [-0.25, -0.2) is 0 Å². The lowest BCUT2D eigenvalue weighted by molar-refractivity contribution is 0.105. The van der Waals surface area contributed by atoms with Crippen LogP contribution >= 0.6 is 0 Å². The third-order valence-electron chi connectivity index (χ3n) is 5.04. The molecule has 0 heterocycles. The van der Waals surface area contributed by atoms with Crippen LogP contribution in [-0.2, 0) is 6.42 Å². The van der Waals surface area contributed by atoms with Crippen LogP contribution in [-0.4, -0.2) is 37.3 Å². The fourth-order valence-corrected chi connectivity index (χ4v) is 3.56. The van der Waals surface area contributed by atoms with Gasteiger partial charge < -0.3 is 24.4 Å². The molecule has 28 heavy (non-hydrogen) atoms. The van der Waals surface area contributed by atoms with Crippen molar-refractivity contribution in [1.82, 2.24) is 0 Å². The van der Waals surface area contributed by atoms with Gasteiger partial charge in [-0.1, -0.05) is 12.1 Å². The van der Waals surface area contributed by atoms with Crippen molar-refractivity contribution in [1.29, 1.82) is 0 Å². The first-order chi connectivity index (χ1) is 13.4. The number of carbonyl (C=O) groups excluding carboxylic acids is 1. The highest BCUT2D eigenvalue weighted by Gasteiger charge is 2.28. The number of fused-ring (bicyclic) bond motifs is 1. The maximum Gasteiger partial charge on any atom is 0.203 e. The number of benzene rings is 2. The Bertz CT molecular complexity index is 958. The van der Waals surface area contributed by atoms with E-state index in [-0.39, 0.29) is 17.1 Å². The van der Waals surface area contributed by atoms with E-state index in [0.29, 0.717) is 46.8 Å². The highest BCUT2D eigenvalue weighted by Crippen LogP contribution is 2.46. The van der Waals surface area contributed by atoms with Gasteiger partial charge in [-0.3, -0.25) is 4.79 Å². The molecule has 2 aromatic carbocycles. The molecule has 0 spiro atoms. The van der Waals surface area contributed by atoms with Gasteiger partial charge in [0.15, 0.2) is 28.8 Å². The van der Waals surface area contributed by atoms with Crippen molar-refractivity contribution >= 4 is 11.4 Å². The van der Waals surface area contributed by atoms with Gasteiger partial charge in [0.1, 0.15) is 0 Å². The van der Waals surface area contributed by atoms with Crippen LogP contribution in [0, 0.1) is 6.92 Å². The van der Waals surface area contributed by atoms with Gasteiger partial charge in [-0.15, -0.1) is 0 Å². The third kappa shape index (κ3) is 3.15. The molecule has 6 heteroatoms. The number of ketones is 1. The Balaban J connectivity index is 2.22. The third-order valence-corrected chi connectivity index (χ3v) is 5.04. The van der Waals surface area contributed by atoms with E-state index in [1.165, 1.54) is 13.2 Å². The maximum absolute atomic E-state index is 13.3. The van der Waals surface area contributed by atoms with Gasteiger partial charge >= 0.3 is 0 Å². The van der Waals surface area contributed by atoms with Gasteiger partial charge in [0.25, 0.3) is 0 Å². The van der Waals surface area contributed by atoms with Crippen molar-refractivity contribution < 1.29 is 29.2 Å². The Hall–Kier alpha value is -3.15. The van der Waals surface area contributed by atoms with Crippen molar-refractivity contribution in [2.45, 2.75) is 26.2 Å². The highest BCUT2D eigenvalue weighted by atomic mass is 16.5. The second-order valence-electron chi connectivity index (χ2n) is 6.64. The monoisotopic (exact) mass is 384 g/mol. The number of phenols is 2. The van der Waals surface area contributed by atoms with Crippen molar-refractivity contribution in [2.75, 3.05) is 21.3 Å². The molecule has 2 aromatic rings. The zero-order valence-corrected chi connectivity index (χ0v) is 16.5. The molecule has 6 nitrogen and oxygen atoms in total. The molecule has 0 amide bonds. The number of carbonyl (C=O) groups is 1. The smallest absolute Gasteiger partial charge is 0.203 e. The lowest BCUT2D eigenvalue weighted by Crippen LogP contribution is -2.08. The number of Topliss-reactive ketones (excluding diaryl/α,β-unsaturated/α-hetero) is 1. The molecule has 1 aliphatic rings. The summed E-state index contributed by atoms with van der Waals surface area (Å²) in [6.45, 7) is 1.66. The van der Waals surface area contributed by atoms with E-state index >= 15 is 0 Å². The molecule has 0 aromatic heterocycles. The summed E-state index contributed by atoms with van der Waals surface area (Å²) in [5.41, 5.74) is 2.52. The normalized spacial score (nSPS) is 13.2.